The quantitative estimate of drug-likeness (QED) is 0.462. The summed E-state index contributed by atoms with van der Waals surface area (Å²) in [6.45, 7) is 1.43. The van der Waals surface area contributed by atoms with Crippen LogP contribution in [0.5, 0.6) is 0 Å². The van der Waals surface area contributed by atoms with E-state index in [1.165, 1.54) is 6.92 Å². The maximum atomic E-state index is 10.1. The van der Waals surface area contributed by atoms with E-state index in [-0.39, 0.29) is 5.70 Å². The summed E-state index contributed by atoms with van der Waals surface area (Å²) in [6.07, 6.45) is 0.852. The highest BCUT2D eigenvalue weighted by molar-refractivity contribution is 5.82. The summed E-state index contributed by atoms with van der Waals surface area (Å²) >= 11 is 0. The van der Waals surface area contributed by atoms with Gasteiger partial charge in [0.1, 0.15) is 0 Å². The molecule has 0 saturated carbocycles. The number of hydrogen-bond acceptors (Lipinski definition) is 2. The Bertz CT molecular complexity index is 185. The minimum atomic E-state index is -1.12. The lowest BCUT2D eigenvalue weighted by molar-refractivity contribution is -0.131. The number of urea groups is 1. The summed E-state index contributed by atoms with van der Waals surface area (Å²) in [6, 6.07) is -0.769. The van der Waals surface area contributed by atoms with Gasteiger partial charge in [0.25, 0.3) is 0 Å². The lowest BCUT2D eigenvalue weighted by Gasteiger charge is -1.97. The summed E-state index contributed by atoms with van der Waals surface area (Å²) in [5, 5.41) is 10.2. The number of carbonyl (C=O) groups is 2. The molecule has 0 radical (unpaired) electrons. The number of nitrogens with one attached hydrogen (secondary N) is 1. The number of carboxylic acids is 1. The molecule has 0 bridgehead atoms. The van der Waals surface area contributed by atoms with Gasteiger partial charge in [0.05, 0.1) is 0 Å². The fraction of sp³-hybridized carbons (Fsp3) is 0.200. The summed E-state index contributed by atoms with van der Waals surface area (Å²) in [5.41, 5.74) is 4.89. The molecule has 0 unspecified atom stereocenters. The first-order valence-corrected chi connectivity index (χ1v) is 2.50. The predicted molar refractivity (Wildman–Crippen MR) is 34.1 cm³/mol. The molecule has 0 saturated heterocycles. The van der Waals surface area contributed by atoms with Crippen molar-refractivity contribution in [1.82, 2.24) is 5.32 Å². The number of primary amides is 1. The van der Waals surface area contributed by atoms with Crippen LogP contribution in [0.2, 0.25) is 0 Å². The minimum absolute atomic E-state index is 0.208. The zero-order chi connectivity index (χ0) is 8.15. The van der Waals surface area contributed by atoms with Crippen LogP contribution in [-0.4, -0.2) is 17.1 Å². The molecule has 0 spiro atoms. The van der Waals surface area contributed by atoms with Crippen molar-refractivity contribution in [2.75, 3.05) is 0 Å². The van der Waals surface area contributed by atoms with Crippen molar-refractivity contribution >= 4 is 12.0 Å². The van der Waals surface area contributed by atoms with E-state index < -0.39 is 12.0 Å². The SMILES string of the molecule is C/C(=C\C(=O)O)NC(N)=O. The first-order valence-electron chi connectivity index (χ1n) is 2.50. The van der Waals surface area contributed by atoms with Crippen LogP contribution in [0.15, 0.2) is 11.8 Å². The number of amides is 2. The van der Waals surface area contributed by atoms with E-state index >= 15 is 0 Å². The molecule has 0 fully saturated rings. The molecule has 2 amide bonds. The fourth-order valence-electron chi connectivity index (χ4n) is 0.416. The molecule has 56 valence electrons. The lowest BCUT2D eigenvalue weighted by atomic mass is 10.4. The molecule has 0 atom stereocenters. The number of carbonyl (C=O) groups excluding carboxylic acids is 1. The number of nitrogens with two attached hydrogens (primary N) is 1. The highest BCUT2D eigenvalue weighted by Crippen LogP contribution is 1.83. The molecule has 0 aliphatic heterocycles. The topological polar surface area (TPSA) is 92.4 Å². The Labute approximate surface area is 57.5 Å². The van der Waals surface area contributed by atoms with Crippen molar-refractivity contribution in [2.24, 2.45) is 5.73 Å². The van der Waals surface area contributed by atoms with Crippen molar-refractivity contribution in [1.29, 1.82) is 0 Å². The Balaban J connectivity index is 3.95. The predicted octanol–water partition coefficient (Wildman–Crippen LogP) is -0.357. The molecule has 0 heterocycles. The number of hydrogen-bond donors (Lipinski definition) is 3. The standard InChI is InChI=1S/C5H8N2O3/c1-3(2-4(8)9)7-5(6)10/h2H,1H3,(H,8,9)(H3,6,7,10)/b3-2+. The Morgan fingerprint density at radius 2 is 2.10 bits per heavy atom. The lowest BCUT2D eigenvalue weighted by Crippen LogP contribution is -2.27. The average molecular weight is 144 g/mol. The van der Waals surface area contributed by atoms with Gasteiger partial charge in [-0.3, -0.25) is 0 Å². The second kappa shape index (κ2) is 3.49. The minimum Gasteiger partial charge on any atom is -0.478 e. The van der Waals surface area contributed by atoms with E-state index in [2.05, 4.69) is 11.1 Å². The molecule has 4 N–H and O–H groups in total. The molecule has 5 heteroatoms. The maximum absolute atomic E-state index is 10.1. The van der Waals surface area contributed by atoms with Gasteiger partial charge >= 0.3 is 12.0 Å². The van der Waals surface area contributed by atoms with Gasteiger partial charge in [-0.25, -0.2) is 9.59 Å². The molecule has 0 aromatic carbocycles. The smallest absolute Gasteiger partial charge is 0.330 e. The molecule has 0 aromatic heterocycles. The third-order valence-corrected chi connectivity index (χ3v) is 0.660. The Morgan fingerprint density at radius 1 is 1.60 bits per heavy atom. The second-order valence-corrected chi connectivity index (χ2v) is 1.65. The summed E-state index contributed by atoms with van der Waals surface area (Å²) in [7, 11) is 0. The first-order chi connectivity index (χ1) is 4.52. The summed E-state index contributed by atoms with van der Waals surface area (Å²) in [4.78, 5) is 20.0. The number of aliphatic carboxylic acids is 1. The third-order valence-electron chi connectivity index (χ3n) is 0.660. The van der Waals surface area contributed by atoms with Gasteiger partial charge in [-0.1, -0.05) is 0 Å². The van der Waals surface area contributed by atoms with Crippen molar-refractivity contribution in [3.63, 3.8) is 0 Å². The van der Waals surface area contributed by atoms with Gasteiger partial charge in [-0.05, 0) is 6.92 Å². The highest BCUT2D eigenvalue weighted by atomic mass is 16.4. The van der Waals surface area contributed by atoms with Crippen molar-refractivity contribution < 1.29 is 14.7 Å². The molecule has 5 nitrogen and oxygen atoms in total. The zero-order valence-electron chi connectivity index (χ0n) is 5.42. The van der Waals surface area contributed by atoms with Crippen LogP contribution in [0.1, 0.15) is 6.92 Å². The number of rotatable bonds is 2. The van der Waals surface area contributed by atoms with Gasteiger partial charge in [0, 0.05) is 11.8 Å². The average Bonchev–Trinajstić information content (AvgIpc) is 1.58. The van der Waals surface area contributed by atoms with Gasteiger partial charge in [0.15, 0.2) is 0 Å². The van der Waals surface area contributed by atoms with E-state index in [1.807, 2.05) is 0 Å². The molecule has 0 aliphatic rings. The monoisotopic (exact) mass is 144 g/mol. The first kappa shape index (κ1) is 8.48. The molecular weight excluding hydrogens is 136 g/mol. The summed E-state index contributed by atoms with van der Waals surface area (Å²) in [5.74, 6) is -1.12. The van der Waals surface area contributed by atoms with E-state index in [0.717, 1.165) is 6.08 Å². The second-order valence-electron chi connectivity index (χ2n) is 1.65. The van der Waals surface area contributed by atoms with Gasteiger partial charge in [-0.2, -0.15) is 0 Å². The molecule has 10 heavy (non-hydrogen) atoms. The zero-order valence-corrected chi connectivity index (χ0v) is 5.42. The van der Waals surface area contributed by atoms with Gasteiger partial charge in [0.2, 0.25) is 0 Å². The normalized spacial score (nSPS) is 10.7. The molecule has 0 rings (SSSR count). The maximum Gasteiger partial charge on any atom is 0.330 e. The largest absolute Gasteiger partial charge is 0.478 e. The fourth-order valence-corrected chi connectivity index (χ4v) is 0.416. The Morgan fingerprint density at radius 3 is 2.40 bits per heavy atom. The van der Waals surface area contributed by atoms with Crippen LogP contribution in [0.25, 0.3) is 0 Å². The molecule has 0 aromatic rings. The number of carboxylic acid groups (broad SMARTS) is 1. The van der Waals surface area contributed by atoms with E-state index in [4.69, 9.17) is 5.11 Å². The van der Waals surface area contributed by atoms with Crippen LogP contribution < -0.4 is 11.1 Å². The van der Waals surface area contributed by atoms with Crippen LogP contribution >= 0.6 is 0 Å². The van der Waals surface area contributed by atoms with Crippen LogP contribution in [-0.2, 0) is 4.79 Å². The van der Waals surface area contributed by atoms with Crippen molar-refractivity contribution in [3.05, 3.63) is 11.8 Å². The van der Waals surface area contributed by atoms with Crippen LogP contribution in [0.4, 0.5) is 4.79 Å². The van der Waals surface area contributed by atoms with Gasteiger partial charge in [-0.15, -0.1) is 0 Å². The molecular formula is C5H8N2O3. The highest BCUT2D eigenvalue weighted by Gasteiger charge is 1.94. The summed E-state index contributed by atoms with van der Waals surface area (Å²) < 4.78 is 0. The van der Waals surface area contributed by atoms with Crippen molar-refractivity contribution in [3.8, 4) is 0 Å². The third kappa shape index (κ3) is 4.63. The molecule has 0 aliphatic carbocycles. The number of allylic oxidation sites excluding steroid dienone is 1. The van der Waals surface area contributed by atoms with E-state index in [9.17, 15) is 9.59 Å². The Kier molecular flexibility index (Phi) is 2.96. The van der Waals surface area contributed by atoms with E-state index in [0.29, 0.717) is 0 Å². The van der Waals surface area contributed by atoms with Gasteiger partial charge < -0.3 is 16.2 Å². The Hall–Kier alpha value is -1.52. The van der Waals surface area contributed by atoms with Crippen LogP contribution in [0, 0.1) is 0 Å². The van der Waals surface area contributed by atoms with Crippen LogP contribution in [0.3, 0.4) is 0 Å². The van der Waals surface area contributed by atoms with Crippen molar-refractivity contribution in [2.45, 2.75) is 6.92 Å². The van der Waals surface area contributed by atoms with E-state index in [1.54, 1.807) is 0 Å².